The maximum absolute atomic E-state index is 13.5. The summed E-state index contributed by atoms with van der Waals surface area (Å²) in [5.74, 6) is -1.06. The molecule has 0 aliphatic carbocycles. The lowest BCUT2D eigenvalue weighted by atomic mass is 10.1. The van der Waals surface area contributed by atoms with Gasteiger partial charge in [-0.05, 0) is 36.8 Å². The van der Waals surface area contributed by atoms with Gasteiger partial charge in [-0.25, -0.2) is 8.78 Å². The fourth-order valence-electron chi connectivity index (χ4n) is 1.83. The van der Waals surface area contributed by atoms with Gasteiger partial charge >= 0.3 is 0 Å². The van der Waals surface area contributed by atoms with E-state index in [4.69, 9.17) is 11.6 Å². The fraction of sp³-hybridized carbons (Fsp3) is 0.200. The standard InChI is InChI=1S/C15H14ClF2N/c1-10(11-5-7-12(16)8-6-11)19-9-13-14(17)3-2-4-15(13)18/h2-8,10,19H,9H2,1H3/t10-/m1/s1. The molecule has 0 saturated carbocycles. The molecule has 0 amide bonds. The maximum atomic E-state index is 13.5. The van der Waals surface area contributed by atoms with Gasteiger partial charge in [-0.1, -0.05) is 29.8 Å². The first-order valence-corrected chi connectivity index (χ1v) is 6.37. The molecule has 0 aromatic heterocycles. The highest BCUT2D eigenvalue weighted by atomic mass is 35.5. The molecule has 2 aromatic carbocycles. The van der Waals surface area contributed by atoms with Gasteiger partial charge in [0.2, 0.25) is 0 Å². The summed E-state index contributed by atoms with van der Waals surface area (Å²) < 4.78 is 26.9. The predicted molar refractivity (Wildman–Crippen MR) is 73.1 cm³/mol. The van der Waals surface area contributed by atoms with Gasteiger partial charge in [0.05, 0.1) is 0 Å². The first-order chi connectivity index (χ1) is 9.08. The second-order valence-corrected chi connectivity index (χ2v) is 4.79. The van der Waals surface area contributed by atoms with Gasteiger partial charge in [0.1, 0.15) is 11.6 Å². The molecule has 100 valence electrons. The Morgan fingerprint density at radius 3 is 2.21 bits per heavy atom. The Bertz CT molecular complexity index is 534. The summed E-state index contributed by atoms with van der Waals surface area (Å²) in [6.07, 6.45) is 0. The molecule has 0 radical (unpaired) electrons. The molecule has 1 nitrogen and oxygen atoms in total. The third kappa shape index (κ3) is 3.52. The number of nitrogens with one attached hydrogen (secondary N) is 1. The second kappa shape index (κ2) is 6.13. The normalized spacial score (nSPS) is 12.4. The van der Waals surface area contributed by atoms with Crippen molar-refractivity contribution in [2.75, 3.05) is 0 Å². The van der Waals surface area contributed by atoms with Crippen molar-refractivity contribution in [3.63, 3.8) is 0 Å². The molecule has 0 bridgehead atoms. The third-order valence-corrected chi connectivity index (χ3v) is 3.27. The lowest BCUT2D eigenvalue weighted by Crippen LogP contribution is -2.19. The number of hydrogen-bond acceptors (Lipinski definition) is 1. The zero-order valence-electron chi connectivity index (χ0n) is 10.5. The van der Waals surface area contributed by atoms with Gasteiger partial charge in [0.25, 0.3) is 0 Å². The Hall–Kier alpha value is -1.45. The monoisotopic (exact) mass is 281 g/mol. The molecule has 1 N–H and O–H groups in total. The summed E-state index contributed by atoms with van der Waals surface area (Å²) in [5.41, 5.74) is 1.07. The zero-order valence-corrected chi connectivity index (χ0v) is 11.2. The Morgan fingerprint density at radius 1 is 1.05 bits per heavy atom. The van der Waals surface area contributed by atoms with Crippen LogP contribution in [0, 0.1) is 11.6 Å². The molecule has 0 aliphatic rings. The molecule has 19 heavy (non-hydrogen) atoms. The molecule has 1 atom stereocenters. The Kier molecular flexibility index (Phi) is 4.51. The summed E-state index contributed by atoms with van der Waals surface area (Å²) in [7, 11) is 0. The molecule has 0 heterocycles. The predicted octanol–water partition coefficient (Wildman–Crippen LogP) is 4.47. The van der Waals surface area contributed by atoms with Crippen LogP contribution in [0.4, 0.5) is 8.78 Å². The Balaban J connectivity index is 2.04. The van der Waals surface area contributed by atoms with E-state index in [0.29, 0.717) is 5.02 Å². The summed E-state index contributed by atoms with van der Waals surface area (Å²) in [6.45, 7) is 2.07. The average molecular weight is 282 g/mol. The van der Waals surface area contributed by atoms with E-state index < -0.39 is 11.6 Å². The van der Waals surface area contributed by atoms with Crippen LogP contribution in [-0.2, 0) is 6.54 Å². The van der Waals surface area contributed by atoms with Gasteiger partial charge in [-0.3, -0.25) is 0 Å². The van der Waals surface area contributed by atoms with Gasteiger partial charge in [0, 0.05) is 23.2 Å². The number of hydrogen-bond donors (Lipinski definition) is 1. The van der Waals surface area contributed by atoms with E-state index >= 15 is 0 Å². The van der Waals surface area contributed by atoms with Crippen molar-refractivity contribution < 1.29 is 8.78 Å². The van der Waals surface area contributed by atoms with Crippen LogP contribution in [0.1, 0.15) is 24.1 Å². The summed E-state index contributed by atoms with van der Waals surface area (Å²) in [5, 5.41) is 3.76. The van der Waals surface area contributed by atoms with Crippen LogP contribution in [-0.4, -0.2) is 0 Å². The lowest BCUT2D eigenvalue weighted by Gasteiger charge is -2.15. The van der Waals surface area contributed by atoms with E-state index in [1.165, 1.54) is 18.2 Å². The van der Waals surface area contributed by atoms with Crippen molar-refractivity contribution in [1.82, 2.24) is 5.32 Å². The number of halogens is 3. The first kappa shape index (κ1) is 14.0. The smallest absolute Gasteiger partial charge is 0.130 e. The van der Waals surface area contributed by atoms with Crippen LogP contribution in [0.25, 0.3) is 0 Å². The molecule has 0 aliphatic heterocycles. The molecule has 0 unspecified atom stereocenters. The minimum absolute atomic E-state index is 0.0173. The van der Waals surface area contributed by atoms with E-state index in [1.54, 1.807) is 12.1 Å². The van der Waals surface area contributed by atoms with E-state index in [2.05, 4.69) is 5.32 Å². The van der Waals surface area contributed by atoms with Gasteiger partial charge in [0.15, 0.2) is 0 Å². The van der Waals surface area contributed by atoms with Crippen LogP contribution in [0.2, 0.25) is 5.02 Å². The molecule has 0 fully saturated rings. The van der Waals surface area contributed by atoms with Gasteiger partial charge in [-0.2, -0.15) is 0 Å². The topological polar surface area (TPSA) is 12.0 Å². The molecule has 0 saturated heterocycles. The third-order valence-electron chi connectivity index (χ3n) is 3.02. The fourth-order valence-corrected chi connectivity index (χ4v) is 1.95. The molecule has 0 spiro atoms. The van der Waals surface area contributed by atoms with Crippen molar-refractivity contribution in [2.45, 2.75) is 19.5 Å². The molecular weight excluding hydrogens is 268 g/mol. The minimum Gasteiger partial charge on any atom is -0.306 e. The highest BCUT2D eigenvalue weighted by Gasteiger charge is 2.10. The van der Waals surface area contributed by atoms with Crippen LogP contribution < -0.4 is 5.32 Å². The average Bonchev–Trinajstić information content (AvgIpc) is 2.38. The van der Waals surface area contributed by atoms with Crippen molar-refractivity contribution >= 4 is 11.6 Å². The SMILES string of the molecule is C[C@@H](NCc1c(F)cccc1F)c1ccc(Cl)cc1. The number of rotatable bonds is 4. The minimum atomic E-state index is -0.532. The summed E-state index contributed by atoms with van der Waals surface area (Å²) >= 11 is 5.81. The molecule has 4 heteroatoms. The lowest BCUT2D eigenvalue weighted by molar-refractivity contribution is 0.509. The Labute approximate surface area is 116 Å². The second-order valence-electron chi connectivity index (χ2n) is 4.35. The van der Waals surface area contributed by atoms with E-state index in [0.717, 1.165) is 5.56 Å². The van der Waals surface area contributed by atoms with Crippen molar-refractivity contribution in [1.29, 1.82) is 0 Å². The van der Waals surface area contributed by atoms with E-state index in [-0.39, 0.29) is 18.2 Å². The van der Waals surface area contributed by atoms with E-state index in [9.17, 15) is 8.78 Å². The van der Waals surface area contributed by atoms with Crippen molar-refractivity contribution in [2.24, 2.45) is 0 Å². The molecular formula is C15H14ClF2N. The van der Waals surface area contributed by atoms with Gasteiger partial charge in [-0.15, -0.1) is 0 Å². The molecule has 2 rings (SSSR count). The van der Waals surface area contributed by atoms with E-state index in [1.807, 2.05) is 19.1 Å². The van der Waals surface area contributed by atoms with Crippen molar-refractivity contribution in [3.8, 4) is 0 Å². The highest BCUT2D eigenvalue weighted by Crippen LogP contribution is 2.18. The van der Waals surface area contributed by atoms with Gasteiger partial charge < -0.3 is 5.32 Å². The highest BCUT2D eigenvalue weighted by molar-refractivity contribution is 6.30. The van der Waals surface area contributed by atoms with Crippen LogP contribution in [0.15, 0.2) is 42.5 Å². The maximum Gasteiger partial charge on any atom is 0.130 e. The summed E-state index contributed by atoms with van der Waals surface area (Å²) in [6, 6.07) is 11.2. The largest absolute Gasteiger partial charge is 0.306 e. The van der Waals surface area contributed by atoms with Crippen LogP contribution >= 0.6 is 11.6 Å². The molecule has 2 aromatic rings. The van der Waals surface area contributed by atoms with Crippen molar-refractivity contribution in [3.05, 3.63) is 70.2 Å². The summed E-state index contributed by atoms with van der Waals surface area (Å²) in [4.78, 5) is 0. The quantitative estimate of drug-likeness (QED) is 0.872. The zero-order chi connectivity index (χ0) is 13.8. The number of benzene rings is 2. The Morgan fingerprint density at radius 2 is 1.63 bits per heavy atom. The van der Waals surface area contributed by atoms with Crippen LogP contribution in [0.3, 0.4) is 0 Å². The van der Waals surface area contributed by atoms with Crippen LogP contribution in [0.5, 0.6) is 0 Å². The first-order valence-electron chi connectivity index (χ1n) is 5.99.